The van der Waals surface area contributed by atoms with E-state index in [0.29, 0.717) is 25.0 Å². The molecule has 1 heterocycles. The van der Waals surface area contributed by atoms with Crippen LogP contribution in [0.25, 0.3) is 0 Å². The predicted octanol–water partition coefficient (Wildman–Crippen LogP) is 5.79. The van der Waals surface area contributed by atoms with Crippen molar-refractivity contribution in [2.24, 2.45) is 0 Å². The Balaban J connectivity index is 2.72. The first kappa shape index (κ1) is 19.8. The zero-order valence-corrected chi connectivity index (χ0v) is 15.7. The average molecular weight is 351 g/mol. The molecule has 1 aliphatic rings. The fourth-order valence-corrected chi connectivity index (χ4v) is 3.92. The van der Waals surface area contributed by atoms with Crippen LogP contribution in [-0.2, 0) is 25.7 Å². The van der Waals surface area contributed by atoms with Gasteiger partial charge in [0.2, 0.25) is 0 Å². The Hall–Kier alpha value is -2.48. The van der Waals surface area contributed by atoms with Crippen molar-refractivity contribution in [1.29, 1.82) is 0 Å². The van der Waals surface area contributed by atoms with E-state index in [1.54, 1.807) is 0 Å². The van der Waals surface area contributed by atoms with Crippen molar-refractivity contribution in [2.45, 2.75) is 50.5 Å². The molecule has 0 saturated heterocycles. The smallest absolute Gasteiger partial charge is 0.127 e. The monoisotopic (exact) mass is 350 g/mol. The van der Waals surface area contributed by atoms with Gasteiger partial charge in [-0.1, -0.05) is 30.4 Å². The van der Waals surface area contributed by atoms with Crippen molar-refractivity contribution in [3.8, 4) is 11.5 Å². The SMILES string of the molecule is C=CCc1c(O)c(CC=C)c2c(c1CC=C)OC(CC=C)(CC=C)CC2. The number of hydrogen-bond donors (Lipinski definition) is 1. The number of fused-ring (bicyclic) bond motifs is 1. The van der Waals surface area contributed by atoms with E-state index in [4.69, 9.17) is 4.74 Å². The third kappa shape index (κ3) is 3.70. The minimum absolute atomic E-state index is 0.319. The highest BCUT2D eigenvalue weighted by Gasteiger charge is 2.37. The van der Waals surface area contributed by atoms with Gasteiger partial charge in [-0.05, 0) is 32.1 Å². The second-order valence-corrected chi connectivity index (χ2v) is 6.84. The molecular weight excluding hydrogens is 320 g/mol. The van der Waals surface area contributed by atoms with E-state index in [2.05, 4.69) is 32.9 Å². The molecule has 2 nitrogen and oxygen atoms in total. The normalized spacial score (nSPS) is 14.6. The first-order valence-electron chi connectivity index (χ1n) is 9.19. The number of aromatic hydroxyl groups is 1. The molecule has 138 valence electrons. The van der Waals surface area contributed by atoms with Gasteiger partial charge in [0.1, 0.15) is 17.1 Å². The second kappa shape index (κ2) is 8.75. The zero-order valence-electron chi connectivity index (χ0n) is 15.7. The number of phenolic OH excluding ortho intramolecular Hbond substituents is 1. The Morgan fingerprint density at radius 2 is 1.35 bits per heavy atom. The van der Waals surface area contributed by atoms with E-state index >= 15 is 0 Å². The highest BCUT2D eigenvalue weighted by molar-refractivity contribution is 5.61. The molecule has 0 radical (unpaired) electrons. The Kier molecular flexibility index (Phi) is 6.68. The quantitative estimate of drug-likeness (QED) is 0.541. The van der Waals surface area contributed by atoms with Gasteiger partial charge in [-0.15, -0.1) is 32.9 Å². The molecule has 1 aromatic rings. The van der Waals surface area contributed by atoms with Crippen LogP contribution in [-0.4, -0.2) is 10.7 Å². The maximum Gasteiger partial charge on any atom is 0.127 e. The number of ether oxygens (including phenoxy) is 1. The van der Waals surface area contributed by atoms with E-state index in [9.17, 15) is 5.11 Å². The summed E-state index contributed by atoms with van der Waals surface area (Å²) in [7, 11) is 0. The van der Waals surface area contributed by atoms with Gasteiger partial charge >= 0.3 is 0 Å². The van der Waals surface area contributed by atoms with Crippen molar-refractivity contribution < 1.29 is 9.84 Å². The van der Waals surface area contributed by atoms with Crippen molar-refractivity contribution in [3.63, 3.8) is 0 Å². The molecule has 0 aromatic heterocycles. The maximum absolute atomic E-state index is 10.9. The Morgan fingerprint density at radius 1 is 0.808 bits per heavy atom. The number of rotatable bonds is 10. The highest BCUT2D eigenvalue weighted by Crippen LogP contribution is 2.47. The van der Waals surface area contributed by atoms with Gasteiger partial charge in [0, 0.05) is 35.1 Å². The molecule has 0 bridgehead atoms. The fraction of sp³-hybridized carbons (Fsp3) is 0.333. The molecule has 0 unspecified atom stereocenters. The molecule has 0 fully saturated rings. The lowest BCUT2D eigenvalue weighted by atomic mass is 9.81. The average Bonchev–Trinajstić information content (AvgIpc) is 2.62. The molecule has 0 saturated carbocycles. The van der Waals surface area contributed by atoms with Gasteiger partial charge in [-0.3, -0.25) is 0 Å². The van der Waals surface area contributed by atoms with E-state index in [-0.39, 0.29) is 5.60 Å². The van der Waals surface area contributed by atoms with E-state index < -0.39 is 0 Å². The molecule has 1 aliphatic heterocycles. The molecule has 26 heavy (non-hydrogen) atoms. The summed E-state index contributed by atoms with van der Waals surface area (Å²) in [5.41, 5.74) is 3.59. The topological polar surface area (TPSA) is 29.5 Å². The van der Waals surface area contributed by atoms with E-state index in [0.717, 1.165) is 53.7 Å². The van der Waals surface area contributed by atoms with E-state index in [1.807, 2.05) is 30.4 Å². The van der Waals surface area contributed by atoms with Gasteiger partial charge in [0.05, 0.1) is 0 Å². The third-order valence-electron chi connectivity index (χ3n) is 5.08. The summed E-state index contributed by atoms with van der Waals surface area (Å²) in [6, 6.07) is 0. The summed E-state index contributed by atoms with van der Waals surface area (Å²) < 4.78 is 6.64. The van der Waals surface area contributed by atoms with Crippen LogP contribution in [0, 0.1) is 0 Å². The number of benzene rings is 1. The van der Waals surface area contributed by atoms with Crippen molar-refractivity contribution in [3.05, 3.63) is 85.5 Å². The van der Waals surface area contributed by atoms with Crippen LogP contribution in [0.1, 0.15) is 41.5 Å². The summed E-state index contributed by atoms with van der Waals surface area (Å²) in [5.74, 6) is 1.25. The first-order valence-corrected chi connectivity index (χ1v) is 9.19. The minimum atomic E-state index is -0.319. The Morgan fingerprint density at radius 3 is 1.88 bits per heavy atom. The van der Waals surface area contributed by atoms with Gasteiger partial charge in [-0.2, -0.15) is 0 Å². The number of allylic oxidation sites excluding steroid dienone is 3. The summed E-state index contributed by atoms with van der Waals surface area (Å²) in [5, 5.41) is 10.9. The Bertz CT molecular complexity index is 714. The second-order valence-electron chi connectivity index (χ2n) is 6.84. The molecule has 2 heteroatoms. The predicted molar refractivity (Wildman–Crippen MR) is 111 cm³/mol. The van der Waals surface area contributed by atoms with Gasteiger partial charge in [-0.25, -0.2) is 0 Å². The first-order chi connectivity index (χ1) is 12.6. The van der Waals surface area contributed by atoms with Crippen LogP contribution in [0.4, 0.5) is 0 Å². The van der Waals surface area contributed by atoms with Crippen LogP contribution in [0.2, 0.25) is 0 Å². The van der Waals surface area contributed by atoms with Crippen molar-refractivity contribution in [1.82, 2.24) is 0 Å². The molecule has 0 spiro atoms. The number of phenols is 1. The molecule has 0 aliphatic carbocycles. The largest absolute Gasteiger partial charge is 0.507 e. The standard InChI is InChI=1S/C24H30O2/c1-6-11-18-20(13-8-3)23-21(19(12-7-2)22(18)25)14-17-24(26-23,15-9-4)16-10-5/h6-10,25H,1-5,11-17H2. The highest BCUT2D eigenvalue weighted by atomic mass is 16.5. The van der Waals surface area contributed by atoms with Crippen molar-refractivity contribution in [2.75, 3.05) is 0 Å². The van der Waals surface area contributed by atoms with Crippen LogP contribution in [0.15, 0.2) is 63.3 Å². The Labute approximate surface area is 157 Å². The van der Waals surface area contributed by atoms with Crippen LogP contribution in [0.3, 0.4) is 0 Å². The molecule has 2 rings (SSSR count). The fourth-order valence-electron chi connectivity index (χ4n) is 3.92. The zero-order chi connectivity index (χ0) is 19.2. The number of hydrogen-bond acceptors (Lipinski definition) is 2. The van der Waals surface area contributed by atoms with Gasteiger partial charge in [0.25, 0.3) is 0 Å². The van der Waals surface area contributed by atoms with Gasteiger partial charge in [0.15, 0.2) is 0 Å². The van der Waals surface area contributed by atoms with Crippen LogP contribution >= 0.6 is 0 Å². The lowest BCUT2D eigenvalue weighted by Gasteiger charge is -2.40. The summed E-state index contributed by atoms with van der Waals surface area (Å²) in [6.07, 6.45) is 14.4. The van der Waals surface area contributed by atoms with Gasteiger partial charge < -0.3 is 9.84 Å². The molecular formula is C24H30O2. The lowest BCUT2D eigenvalue weighted by Crippen LogP contribution is -2.39. The molecule has 0 atom stereocenters. The lowest BCUT2D eigenvalue weighted by molar-refractivity contribution is 0.0503. The maximum atomic E-state index is 10.9. The molecule has 1 N–H and O–H groups in total. The summed E-state index contributed by atoms with van der Waals surface area (Å²) in [4.78, 5) is 0. The minimum Gasteiger partial charge on any atom is -0.507 e. The van der Waals surface area contributed by atoms with E-state index in [1.165, 1.54) is 0 Å². The third-order valence-corrected chi connectivity index (χ3v) is 5.08. The summed E-state index contributed by atoms with van der Waals surface area (Å²) in [6.45, 7) is 19.4. The van der Waals surface area contributed by atoms with Crippen LogP contribution < -0.4 is 4.74 Å². The van der Waals surface area contributed by atoms with Crippen molar-refractivity contribution >= 4 is 0 Å². The summed E-state index contributed by atoms with van der Waals surface area (Å²) >= 11 is 0. The molecule has 1 aromatic carbocycles. The van der Waals surface area contributed by atoms with Crippen LogP contribution in [0.5, 0.6) is 11.5 Å². The molecule has 0 amide bonds.